The molecule has 0 spiro atoms. The third-order valence-corrected chi connectivity index (χ3v) is 8.80. The maximum absolute atomic E-state index is 14.1. The van der Waals surface area contributed by atoms with E-state index in [0.29, 0.717) is 40.8 Å². The van der Waals surface area contributed by atoms with Gasteiger partial charge in [-0.25, -0.2) is 14.6 Å². The molecule has 3 aromatic carbocycles. The Bertz CT molecular complexity index is 1900. The smallest absolute Gasteiger partial charge is 0.279 e. The summed E-state index contributed by atoms with van der Waals surface area (Å²) < 4.78 is 15.0. The fraction of sp³-hybridized carbons (Fsp3) is 0.343. The van der Waals surface area contributed by atoms with Crippen LogP contribution < -0.4 is 15.2 Å². The molecule has 1 aliphatic heterocycles. The van der Waals surface area contributed by atoms with E-state index in [1.54, 1.807) is 13.4 Å². The maximum atomic E-state index is 14.1. The molecule has 3 heterocycles. The molecule has 1 unspecified atom stereocenters. The average Bonchev–Trinajstić information content (AvgIpc) is 3.34. The van der Waals surface area contributed by atoms with Crippen LogP contribution in [0.4, 0.5) is 0 Å². The summed E-state index contributed by atoms with van der Waals surface area (Å²) >= 11 is 7.08. The van der Waals surface area contributed by atoms with Crippen LogP contribution in [0, 0.1) is 6.92 Å². The van der Waals surface area contributed by atoms with E-state index in [-0.39, 0.29) is 11.5 Å². The number of benzene rings is 3. The molecule has 1 aliphatic rings. The van der Waals surface area contributed by atoms with Crippen molar-refractivity contribution >= 4 is 22.5 Å². The number of aryl methyl sites for hydroxylation is 1. The first-order chi connectivity index (χ1) is 22.0. The standard InChI is InChI=1S/C35H37ClN4O5/c1-5-24(34-26-19-32(45-43-4)31(44-17-16-42-3)20-28(26)37-21-38-34)25-14-13-23(18-27(25)36)33-30-12-8-9-15-39(30)40(35(33)41)29-11-7-6-10-22(29)2/h6-7,10-11,13-14,18-21,24H,5,8-9,12,15-17H2,1-4H3. The fourth-order valence-corrected chi connectivity index (χ4v) is 6.66. The van der Waals surface area contributed by atoms with Crippen molar-refractivity contribution in [3.8, 4) is 28.3 Å². The number of rotatable bonds is 11. The molecule has 10 heteroatoms. The lowest BCUT2D eigenvalue weighted by Crippen LogP contribution is -2.24. The van der Waals surface area contributed by atoms with Crippen LogP contribution in [-0.4, -0.2) is 46.8 Å². The zero-order chi connectivity index (χ0) is 31.5. The predicted molar refractivity (Wildman–Crippen MR) is 175 cm³/mol. The molecule has 0 bridgehead atoms. The molecule has 0 aliphatic carbocycles. The summed E-state index contributed by atoms with van der Waals surface area (Å²) in [5.74, 6) is 0.768. The lowest BCUT2D eigenvalue weighted by Gasteiger charge is -2.21. The molecule has 0 saturated heterocycles. The van der Waals surface area contributed by atoms with Crippen molar-refractivity contribution in [3.63, 3.8) is 0 Å². The summed E-state index contributed by atoms with van der Waals surface area (Å²) in [6.07, 6.45) is 5.22. The number of aromatic nitrogens is 4. The number of para-hydroxylation sites is 1. The van der Waals surface area contributed by atoms with E-state index in [0.717, 1.165) is 71.4 Å². The second kappa shape index (κ2) is 13.4. The zero-order valence-corrected chi connectivity index (χ0v) is 26.8. The predicted octanol–water partition coefficient (Wildman–Crippen LogP) is 7.05. The van der Waals surface area contributed by atoms with E-state index < -0.39 is 0 Å². The van der Waals surface area contributed by atoms with E-state index in [2.05, 4.69) is 16.6 Å². The second-order valence-electron chi connectivity index (χ2n) is 11.2. The van der Waals surface area contributed by atoms with Gasteiger partial charge in [0.15, 0.2) is 5.75 Å². The van der Waals surface area contributed by atoms with Gasteiger partial charge in [-0.1, -0.05) is 48.9 Å². The highest BCUT2D eigenvalue weighted by Gasteiger charge is 2.27. The molecule has 234 valence electrons. The van der Waals surface area contributed by atoms with Gasteiger partial charge >= 0.3 is 0 Å². The van der Waals surface area contributed by atoms with E-state index >= 15 is 0 Å². The van der Waals surface area contributed by atoms with Crippen LogP contribution in [0.3, 0.4) is 0 Å². The van der Waals surface area contributed by atoms with Gasteiger partial charge in [0.1, 0.15) is 12.9 Å². The van der Waals surface area contributed by atoms with Crippen LogP contribution in [0.15, 0.2) is 65.7 Å². The fourth-order valence-electron chi connectivity index (χ4n) is 6.35. The minimum absolute atomic E-state index is 0.0203. The van der Waals surface area contributed by atoms with Crippen molar-refractivity contribution in [2.75, 3.05) is 27.4 Å². The number of nitrogens with zero attached hydrogens (tertiary/aromatic N) is 4. The Hall–Kier alpha value is -4.18. The van der Waals surface area contributed by atoms with E-state index in [4.69, 9.17) is 35.8 Å². The van der Waals surface area contributed by atoms with Gasteiger partial charge in [0.25, 0.3) is 5.56 Å². The largest absolute Gasteiger partial charge is 0.487 e. The van der Waals surface area contributed by atoms with Gasteiger partial charge in [-0.2, -0.15) is 4.89 Å². The number of fused-ring (bicyclic) bond motifs is 2. The summed E-state index contributed by atoms with van der Waals surface area (Å²) in [5.41, 5.74) is 6.98. The Labute approximate surface area is 267 Å². The maximum Gasteiger partial charge on any atom is 0.279 e. The van der Waals surface area contributed by atoms with Crippen molar-refractivity contribution in [1.29, 1.82) is 0 Å². The van der Waals surface area contributed by atoms with E-state index in [1.165, 1.54) is 7.11 Å². The minimum atomic E-state index is -0.140. The molecule has 5 aromatic rings. The highest BCUT2D eigenvalue weighted by molar-refractivity contribution is 6.31. The van der Waals surface area contributed by atoms with E-state index in [1.807, 2.05) is 66.2 Å². The Balaban J connectivity index is 1.42. The molecule has 2 aromatic heterocycles. The van der Waals surface area contributed by atoms with Gasteiger partial charge in [0, 0.05) is 41.7 Å². The van der Waals surface area contributed by atoms with Crippen molar-refractivity contribution in [2.24, 2.45) is 0 Å². The van der Waals surface area contributed by atoms with Crippen molar-refractivity contribution in [3.05, 3.63) is 98.8 Å². The average molecular weight is 629 g/mol. The van der Waals surface area contributed by atoms with E-state index in [9.17, 15) is 4.79 Å². The van der Waals surface area contributed by atoms with Crippen LogP contribution in [0.2, 0.25) is 5.02 Å². The van der Waals surface area contributed by atoms with Gasteiger partial charge < -0.3 is 14.4 Å². The number of methoxy groups -OCH3 is 1. The van der Waals surface area contributed by atoms with Crippen molar-refractivity contribution in [2.45, 2.75) is 52.0 Å². The molecule has 6 rings (SSSR count). The van der Waals surface area contributed by atoms with Crippen LogP contribution in [0.1, 0.15) is 54.6 Å². The van der Waals surface area contributed by atoms with Crippen LogP contribution in [0.25, 0.3) is 27.7 Å². The number of halogens is 1. The zero-order valence-electron chi connectivity index (χ0n) is 26.0. The summed E-state index contributed by atoms with van der Waals surface area (Å²) in [4.78, 5) is 33.8. The molecule has 0 amide bonds. The van der Waals surface area contributed by atoms with Gasteiger partial charge in [0.05, 0.1) is 36.2 Å². The molecule has 0 saturated carbocycles. The molecule has 0 fully saturated rings. The molecule has 45 heavy (non-hydrogen) atoms. The lowest BCUT2D eigenvalue weighted by molar-refractivity contribution is -0.179. The first-order valence-electron chi connectivity index (χ1n) is 15.3. The lowest BCUT2D eigenvalue weighted by atomic mass is 9.89. The SMILES string of the molecule is CCC(c1ccc(-c2c3n(n(-c4ccccc4C)c2=O)CCCC3)cc1Cl)c1ncnc2cc(OCCOC)c(OOC)cc12. The first-order valence-corrected chi connectivity index (χ1v) is 15.7. The molecule has 0 radical (unpaired) electrons. The Kier molecular flexibility index (Phi) is 9.21. The van der Waals surface area contributed by atoms with Gasteiger partial charge in [-0.3, -0.25) is 9.48 Å². The molecular formula is C35H37ClN4O5. The molecular weight excluding hydrogens is 592 g/mol. The Morgan fingerprint density at radius 1 is 1.00 bits per heavy atom. The summed E-state index contributed by atoms with van der Waals surface area (Å²) in [5, 5.41) is 1.38. The molecule has 0 N–H and O–H groups in total. The van der Waals surface area contributed by atoms with Gasteiger partial charge in [-0.15, -0.1) is 0 Å². The normalized spacial score (nSPS) is 13.5. The third-order valence-electron chi connectivity index (χ3n) is 8.48. The topological polar surface area (TPSA) is 89.6 Å². The number of hydrogen-bond acceptors (Lipinski definition) is 7. The molecule has 9 nitrogen and oxygen atoms in total. The number of ether oxygens (including phenoxy) is 2. The number of hydrogen-bond donors (Lipinski definition) is 0. The highest BCUT2D eigenvalue weighted by Crippen LogP contribution is 2.40. The van der Waals surface area contributed by atoms with Crippen LogP contribution >= 0.6 is 11.6 Å². The minimum Gasteiger partial charge on any atom is -0.487 e. The summed E-state index contributed by atoms with van der Waals surface area (Å²) in [6, 6.07) is 17.6. The van der Waals surface area contributed by atoms with Gasteiger partial charge in [0.2, 0.25) is 5.75 Å². The van der Waals surface area contributed by atoms with Gasteiger partial charge in [-0.05, 0) is 67.5 Å². The monoisotopic (exact) mass is 628 g/mol. The first kappa shape index (κ1) is 30.8. The quantitative estimate of drug-likeness (QED) is 0.0879. The Morgan fingerprint density at radius 2 is 1.84 bits per heavy atom. The molecule has 1 atom stereocenters. The summed E-state index contributed by atoms with van der Waals surface area (Å²) in [7, 11) is 3.06. The third kappa shape index (κ3) is 5.83. The Morgan fingerprint density at radius 3 is 2.60 bits per heavy atom. The van der Waals surface area contributed by atoms with Crippen molar-refractivity contribution in [1.82, 2.24) is 19.3 Å². The second-order valence-corrected chi connectivity index (χ2v) is 11.6. The van der Waals surface area contributed by atoms with Crippen LogP contribution in [0.5, 0.6) is 11.5 Å². The summed E-state index contributed by atoms with van der Waals surface area (Å²) in [6.45, 7) is 5.72. The highest BCUT2D eigenvalue weighted by atomic mass is 35.5. The van der Waals surface area contributed by atoms with Crippen molar-refractivity contribution < 1.29 is 19.2 Å². The van der Waals surface area contributed by atoms with Crippen LogP contribution in [-0.2, 0) is 22.6 Å².